The molecule has 0 radical (unpaired) electrons. The third-order valence-corrected chi connectivity index (χ3v) is 3.80. The molecule has 0 spiro atoms. The molecule has 0 atom stereocenters. The van der Waals surface area contributed by atoms with Crippen molar-refractivity contribution in [2.24, 2.45) is 7.05 Å². The van der Waals surface area contributed by atoms with Crippen molar-refractivity contribution in [1.29, 1.82) is 0 Å². The van der Waals surface area contributed by atoms with E-state index >= 15 is 0 Å². The monoisotopic (exact) mass is 276 g/mol. The molecule has 0 saturated heterocycles. The summed E-state index contributed by atoms with van der Waals surface area (Å²) in [5.41, 5.74) is 2.53. The Morgan fingerprint density at radius 3 is 2.63 bits per heavy atom. The summed E-state index contributed by atoms with van der Waals surface area (Å²) >= 11 is 4.46. The van der Waals surface area contributed by atoms with Gasteiger partial charge in [0.25, 0.3) is 5.91 Å². The summed E-state index contributed by atoms with van der Waals surface area (Å²) < 4.78 is 1.87. The van der Waals surface area contributed by atoms with Gasteiger partial charge in [0.1, 0.15) is 5.69 Å². The van der Waals surface area contributed by atoms with Crippen LogP contribution in [0.2, 0.25) is 0 Å². The van der Waals surface area contributed by atoms with Crippen LogP contribution in [0.25, 0.3) is 4.91 Å². The van der Waals surface area contributed by atoms with Crippen LogP contribution in [0, 0.1) is 0 Å². The molecule has 1 aliphatic carbocycles. The molecule has 19 heavy (non-hydrogen) atoms. The second kappa shape index (κ2) is 5.70. The fourth-order valence-electron chi connectivity index (χ4n) is 2.12. The Hall–Kier alpha value is -1.42. The van der Waals surface area contributed by atoms with Crippen molar-refractivity contribution in [3.8, 4) is 0 Å². The molecular formula is C15H20N2OS. The molecule has 3 nitrogen and oxygen atoms in total. The zero-order valence-electron chi connectivity index (χ0n) is 11.4. The number of amides is 1. The Morgan fingerprint density at radius 2 is 2.11 bits per heavy atom. The first kappa shape index (κ1) is 14.0. The van der Waals surface area contributed by atoms with Gasteiger partial charge in [0.05, 0.1) is 5.69 Å². The molecule has 1 aromatic rings. The summed E-state index contributed by atoms with van der Waals surface area (Å²) in [6, 6.07) is 4.11. The molecule has 1 fully saturated rings. The number of nitrogens with one attached hydrogen (secondary N) is 1. The quantitative estimate of drug-likeness (QED) is 0.643. The topological polar surface area (TPSA) is 34.0 Å². The van der Waals surface area contributed by atoms with Gasteiger partial charge in [-0.3, -0.25) is 4.79 Å². The number of nitrogens with zero attached hydrogens (tertiary/aromatic N) is 1. The molecule has 102 valence electrons. The van der Waals surface area contributed by atoms with Gasteiger partial charge in [0.2, 0.25) is 0 Å². The summed E-state index contributed by atoms with van der Waals surface area (Å²) in [6.45, 7) is 5.76. The number of aromatic nitrogens is 1. The number of thiol groups is 1. The highest BCUT2D eigenvalue weighted by Crippen LogP contribution is 2.23. The average Bonchev–Trinajstić information content (AvgIpc) is 2.64. The van der Waals surface area contributed by atoms with E-state index in [9.17, 15) is 4.79 Å². The van der Waals surface area contributed by atoms with Crippen molar-refractivity contribution in [2.75, 3.05) is 0 Å². The van der Waals surface area contributed by atoms with Crippen LogP contribution in [-0.4, -0.2) is 16.5 Å². The standard InChI is InChI=1S/C15H20N2OS/c1-10(2)9-14(19)12-7-8-13(17(12)3)15(18)16-11-5-4-6-11/h7-9,11,19H,1,4-6H2,2-3H3,(H,16,18)/b14-9+. The predicted molar refractivity (Wildman–Crippen MR) is 82.3 cm³/mol. The third-order valence-electron chi connectivity index (χ3n) is 3.44. The van der Waals surface area contributed by atoms with Crippen LogP contribution in [0.4, 0.5) is 0 Å². The van der Waals surface area contributed by atoms with Crippen LogP contribution >= 0.6 is 12.6 Å². The van der Waals surface area contributed by atoms with Crippen molar-refractivity contribution in [3.05, 3.63) is 41.7 Å². The Morgan fingerprint density at radius 1 is 1.47 bits per heavy atom. The molecule has 4 heteroatoms. The highest BCUT2D eigenvalue weighted by atomic mass is 32.1. The third kappa shape index (κ3) is 3.13. The van der Waals surface area contributed by atoms with Crippen LogP contribution in [0.3, 0.4) is 0 Å². The second-order valence-corrected chi connectivity index (χ2v) is 5.62. The first-order valence-corrected chi connectivity index (χ1v) is 6.97. The molecule has 0 unspecified atom stereocenters. The number of allylic oxidation sites excluding steroid dienone is 2. The van der Waals surface area contributed by atoms with Gasteiger partial charge >= 0.3 is 0 Å². The Balaban J connectivity index is 2.17. The fourth-order valence-corrected chi connectivity index (χ4v) is 2.56. The summed E-state index contributed by atoms with van der Waals surface area (Å²) in [4.78, 5) is 13.0. The minimum atomic E-state index is -0.00471. The average molecular weight is 276 g/mol. The molecule has 0 aromatic carbocycles. The van der Waals surface area contributed by atoms with E-state index in [1.165, 1.54) is 6.42 Å². The Bertz CT molecular complexity index is 538. The number of hydrogen-bond acceptors (Lipinski definition) is 2. The van der Waals surface area contributed by atoms with Gasteiger partial charge in [0.15, 0.2) is 0 Å². The summed E-state index contributed by atoms with van der Waals surface area (Å²) in [5.74, 6) is -0.00471. The fraction of sp³-hybridized carbons (Fsp3) is 0.400. The lowest BCUT2D eigenvalue weighted by molar-refractivity contribution is 0.0908. The van der Waals surface area contributed by atoms with Crippen molar-refractivity contribution in [3.63, 3.8) is 0 Å². The molecule has 1 amide bonds. The van der Waals surface area contributed by atoms with E-state index in [1.54, 1.807) is 0 Å². The normalized spacial score (nSPS) is 16.1. The van der Waals surface area contributed by atoms with Crippen molar-refractivity contribution < 1.29 is 4.79 Å². The summed E-state index contributed by atoms with van der Waals surface area (Å²) in [6.07, 6.45) is 5.30. The first-order valence-electron chi connectivity index (χ1n) is 6.52. The van der Waals surface area contributed by atoms with Crippen molar-refractivity contribution in [1.82, 2.24) is 9.88 Å². The molecule has 1 saturated carbocycles. The minimum absolute atomic E-state index is 0.00471. The zero-order valence-corrected chi connectivity index (χ0v) is 12.3. The largest absolute Gasteiger partial charge is 0.348 e. The van der Waals surface area contributed by atoms with Gasteiger partial charge in [-0.1, -0.05) is 12.2 Å². The maximum Gasteiger partial charge on any atom is 0.268 e. The number of hydrogen-bond donors (Lipinski definition) is 2. The maximum absolute atomic E-state index is 12.1. The van der Waals surface area contributed by atoms with E-state index in [4.69, 9.17) is 0 Å². The Labute approximate surface area is 119 Å². The van der Waals surface area contributed by atoms with E-state index in [2.05, 4.69) is 24.5 Å². The van der Waals surface area contributed by atoms with Crippen LogP contribution in [-0.2, 0) is 7.05 Å². The molecule has 1 heterocycles. The molecule has 0 aliphatic heterocycles. The van der Waals surface area contributed by atoms with Crippen LogP contribution < -0.4 is 5.32 Å². The number of carbonyl (C=O) groups is 1. The van der Waals surface area contributed by atoms with Crippen molar-refractivity contribution in [2.45, 2.75) is 32.2 Å². The zero-order chi connectivity index (χ0) is 14.0. The molecule has 2 rings (SSSR count). The first-order chi connectivity index (χ1) is 8.99. The van der Waals surface area contributed by atoms with Gasteiger partial charge in [-0.2, -0.15) is 0 Å². The van der Waals surface area contributed by atoms with Crippen LogP contribution in [0.1, 0.15) is 42.4 Å². The van der Waals surface area contributed by atoms with Gasteiger partial charge in [-0.15, -0.1) is 12.6 Å². The molecule has 0 bridgehead atoms. The highest BCUT2D eigenvalue weighted by molar-refractivity contribution is 7.90. The minimum Gasteiger partial charge on any atom is -0.348 e. The molecule has 1 aromatic heterocycles. The van der Waals surface area contributed by atoms with Gasteiger partial charge in [-0.25, -0.2) is 0 Å². The molecule has 1 N–H and O–H groups in total. The lowest BCUT2D eigenvalue weighted by Crippen LogP contribution is -2.40. The van der Waals surface area contributed by atoms with E-state index < -0.39 is 0 Å². The summed E-state index contributed by atoms with van der Waals surface area (Å²) in [7, 11) is 1.88. The van der Waals surface area contributed by atoms with E-state index in [0.29, 0.717) is 11.7 Å². The van der Waals surface area contributed by atoms with Crippen LogP contribution in [0.5, 0.6) is 0 Å². The lowest BCUT2D eigenvalue weighted by atomic mass is 9.93. The van der Waals surface area contributed by atoms with Gasteiger partial charge < -0.3 is 9.88 Å². The van der Waals surface area contributed by atoms with Gasteiger partial charge in [-0.05, 0) is 44.4 Å². The molecule has 1 aliphatic rings. The highest BCUT2D eigenvalue weighted by Gasteiger charge is 2.21. The van der Waals surface area contributed by atoms with E-state index in [0.717, 1.165) is 29.0 Å². The number of carbonyl (C=O) groups excluding carboxylic acids is 1. The predicted octanol–water partition coefficient (Wildman–Crippen LogP) is 3.15. The maximum atomic E-state index is 12.1. The van der Waals surface area contributed by atoms with Gasteiger partial charge in [0, 0.05) is 18.0 Å². The van der Waals surface area contributed by atoms with E-state index in [-0.39, 0.29) is 5.91 Å². The second-order valence-electron chi connectivity index (χ2n) is 5.14. The summed E-state index contributed by atoms with van der Waals surface area (Å²) in [5, 5.41) is 3.04. The SMILES string of the molecule is C=C(C)/C=C(/S)c1ccc(C(=O)NC2CCC2)n1C. The smallest absolute Gasteiger partial charge is 0.268 e. The lowest BCUT2D eigenvalue weighted by Gasteiger charge is -2.26. The Kier molecular flexibility index (Phi) is 4.20. The van der Waals surface area contributed by atoms with Crippen LogP contribution in [0.15, 0.2) is 30.4 Å². The number of rotatable bonds is 4. The van der Waals surface area contributed by atoms with E-state index in [1.807, 2.05) is 36.7 Å². The van der Waals surface area contributed by atoms with Crippen molar-refractivity contribution >= 4 is 23.4 Å². The molecular weight excluding hydrogens is 256 g/mol.